The van der Waals surface area contributed by atoms with Gasteiger partial charge in [-0.25, -0.2) is 4.57 Å². The Balaban J connectivity index is -0.000000159. The van der Waals surface area contributed by atoms with Crippen LogP contribution in [-0.4, -0.2) is 32.7 Å². The lowest BCUT2D eigenvalue weighted by Gasteiger charge is -2.14. The summed E-state index contributed by atoms with van der Waals surface area (Å²) in [6.45, 7) is 0. The van der Waals surface area contributed by atoms with Crippen molar-refractivity contribution in [2.45, 2.75) is 14.9 Å². The van der Waals surface area contributed by atoms with Gasteiger partial charge in [-0.05, 0) is 0 Å². The van der Waals surface area contributed by atoms with Gasteiger partial charge in [0.05, 0.1) is 28.2 Å². The molecule has 0 aliphatic heterocycles. The molecule has 0 bridgehead atoms. The summed E-state index contributed by atoms with van der Waals surface area (Å²) in [6, 6.07) is 6.00. The zero-order valence-electron chi connectivity index (χ0n) is 8.78. The molecule has 84 valence electrons. The summed E-state index contributed by atoms with van der Waals surface area (Å²) < 4.78 is 3.00. The van der Waals surface area contributed by atoms with E-state index in [-0.39, 0.29) is 14.9 Å². The van der Waals surface area contributed by atoms with Crippen LogP contribution in [0.1, 0.15) is 14.9 Å². The molecular formula is C12H28N2+2. The lowest BCUT2D eigenvalue weighted by molar-refractivity contribution is -0.849. The highest BCUT2D eigenvalue weighted by Gasteiger charge is 1.88. The van der Waals surface area contributed by atoms with Crippen molar-refractivity contribution in [3.8, 4) is 0 Å². The lowest BCUT2D eigenvalue weighted by Crippen LogP contribution is -2.27. The van der Waals surface area contributed by atoms with Crippen molar-refractivity contribution in [3.05, 3.63) is 30.6 Å². The van der Waals surface area contributed by atoms with Gasteiger partial charge in [0.2, 0.25) is 0 Å². The van der Waals surface area contributed by atoms with E-state index in [1.807, 2.05) is 42.2 Å². The van der Waals surface area contributed by atoms with E-state index in [0.717, 1.165) is 4.48 Å². The van der Waals surface area contributed by atoms with Crippen LogP contribution in [-0.2, 0) is 7.05 Å². The second-order valence-electron chi connectivity index (χ2n) is 4.22. The van der Waals surface area contributed by atoms with Crippen molar-refractivity contribution < 1.29 is 9.05 Å². The molecule has 1 aromatic heterocycles. The van der Waals surface area contributed by atoms with Gasteiger partial charge in [0.15, 0.2) is 12.4 Å². The standard InChI is InChI=1S/C6H8N.C4H12N.2CH4/c1-7-5-3-2-4-6-7;1-5(2,3)4;;/h2-6H,1H3;1-4H3;2*1H4/q2*+1;;. The molecule has 0 spiro atoms. The maximum atomic E-state index is 2.12. The Kier molecular flexibility index (Phi) is 11.7. The topological polar surface area (TPSA) is 3.88 Å². The molecular weight excluding hydrogens is 172 g/mol. The zero-order valence-corrected chi connectivity index (χ0v) is 8.78. The summed E-state index contributed by atoms with van der Waals surface area (Å²) >= 11 is 0. The first-order valence-corrected chi connectivity index (χ1v) is 4.09. The predicted molar refractivity (Wildman–Crippen MR) is 65.0 cm³/mol. The van der Waals surface area contributed by atoms with Gasteiger partial charge >= 0.3 is 0 Å². The van der Waals surface area contributed by atoms with Crippen LogP contribution in [0.2, 0.25) is 0 Å². The average Bonchev–Trinajstić information content (AvgIpc) is 1.85. The number of aromatic nitrogens is 1. The Labute approximate surface area is 90.4 Å². The molecule has 0 aromatic carbocycles. The molecule has 2 nitrogen and oxygen atoms in total. The van der Waals surface area contributed by atoms with Crippen LogP contribution < -0.4 is 4.57 Å². The third-order valence-corrected chi connectivity index (χ3v) is 0.865. The van der Waals surface area contributed by atoms with Gasteiger partial charge in [0.1, 0.15) is 7.05 Å². The van der Waals surface area contributed by atoms with Crippen LogP contribution in [0.25, 0.3) is 0 Å². The minimum absolute atomic E-state index is 0. The maximum absolute atomic E-state index is 2.12. The van der Waals surface area contributed by atoms with E-state index < -0.39 is 0 Å². The van der Waals surface area contributed by atoms with Crippen LogP contribution >= 0.6 is 0 Å². The maximum Gasteiger partial charge on any atom is 0.168 e. The fourth-order valence-electron chi connectivity index (χ4n) is 0.485. The van der Waals surface area contributed by atoms with Crippen LogP contribution in [0.3, 0.4) is 0 Å². The highest BCUT2D eigenvalue weighted by molar-refractivity contribution is 4.83. The normalized spacial score (nSPS) is 8.64. The molecule has 2 heteroatoms. The molecule has 0 aliphatic rings. The molecule has 0 saturated heterocycles. The summed E-state index contributed by atoms with van der Waals surface area (Å²) in [5.41, 5.74) is 0. The van der Waals surface area contributed by atoms with Crippen molar-refractivity contribution in [2.24, 2.45) is 7.05 Å². The molecule has 0 atom stereocenters. The average molecular weight is 200 g/mol. The Morgan fingerprint density at radius 3 is 1.21 bits per heavy atom. The summed E-state index contributed by atoms with van der Waals surface area (Å²) in [5, 5.41) is 0. The van der Waals surface area contributed by atoms with Crippen molar-refractivity contribution in [2.75, 3.05) is 28.2 Å². The first-order valence-electron chi connectivity index (χ1n) is 4.09. The Morgan fingerprint density at radius 2 is 1.07 bits per heavy atom. The van der Waals surface area contributed by atoms with Crippen molar-refractivity contribution in [1.29, 1.82) is 0 Å². The molecule has 1 heterocycles. The first-order chi connectivity index (χ1) is 5.39. The molecule has 0 aliphatic carbocycles. The quantitative estimate of drug-likeness (QED) is 0.446. The molecule has 0 fully saturated rings. The zero-order chi connectivity index (χ0) is 9.61. The molecule has 0 amide bonds. The van der Waals surface area contributed by atoms with Crippen molar-refractivity contribution in [3.63, 3.8) is 0 Å². The highest BCUT2D eigenvalue weighted by Crippen LogP contribution is 1.73. The fourth-order valence-corrected chi connectivity index (χ4v) is 0.485. The monoisotopic (exact) mass is 200 g/mol. The number of rotatable bonds is 0. The highest BCUT2D eigenvalue weighted by atomic mass is 15.2. The van der Waals surface area contributed by atoms with Crippen LogP contribution in [0, 0.1) is 0 Å². The van der Waals surface area contributed by atoms with Gasteiger partial charge in [0, 0.05) is 12.1 Å². The van der Waals surface area contributed by atoms with Gasteiger partial charge in [-0.2, -0.15) is 0 Å². The van der Waals surface area contributed by atoms with E-state index >= 15 is 0 Å². The van der Waals surface area contributed by atoms with E-state index in [1.165, 1.54) is 0 Å². The summed E-state index contributed by atoms with van der Waals surface area (Å²) in [4.78, 5) is 0. The molecule has 1 rings (SSSR count). The first kappa shape index (κ1) is 18.8. The van der Waals surface area contributed by atoms with Gasteiger partial charge in [-0.3, -0.25) is 0 Å². The molecule has 0 unspecified atom stereocenters. The van der Waals surface area contributed by atoms with Crippen LogP contribution in [0.15, 0.2) is 30.6 Å². The SMILES string of the molecule is C.C.C[N+](C)(C)C.C[n+]1ccccc1. The number of hydrogen-bond acceptors (Lipinski definition) is 0. The number of quaternary nitrogens is 1. The fraction of sp³-hybridized carbons (Fsp3) is 0.583. The van der Waals surface area contributed by atoms with Crippen LogP contribution in [0.4, 0.5) is 0 Å². The minimum Gasteiger partial charge on any atom is -0.333 e. The number of pyridine rings is 1. The number of nitrogens with zero attached hydrogens (tertiary/aromatic N) is 2. The summed E-state index contributed by atoms with van der Waals surface area (Å²) in [6.07, 6.45) is 4.00. The van der Waals surface area contributed by atoms with E-state index in [9.17, 15) is 0 Å². The Hall–Kier alpha value is -0.890. The molecule has 0 N–H and O–H groups in total. The summed E-state index contributed by atoms with van der Waals surface area (Å²) in [5.74, 6) is 0. The molecule has 0 radical (unpaired) electrons. The summed E-state index contributed by atoms with van der Waals surface area (Å²) in [7, 11) is 10.5. The van der Waals surface area contributed by atoms with E-state index in [0.29, 0.717) is 0 Å². The van der Waals surface area contributed by atoms with Gasteiger partial charge in [0.25, 0.3) is 0 Å². The number of hydrogen-bond donors (Lipinski definition) is 0. The van der Waals surface area contributed by atoms with E-state index in [1.54, 1.807) is 0 Å². The predicted octanol–water partition coefficient (Wildman–Crippen LogP) is 2.11. The smallest absolute Gasteiger partial charge is 0.168 e. The van der Waals surface area contributed by atoms with Gasteiger partial charge in [-0.1, -0.05) is 20.9 Å². The van der Waals surface area contributed by atoms with Gasteiger partial charge < -0.3 is 4.48 Å². The van der Waals surface area contributed by atoms with E-state index in [2.05, 4.69) is 28.2 Å². The second-order valence-corrected chi connectivity index (χ2v) is 4.22. The minimum atomic E-state index is 0. The third-order valence-electron chi connectivity index (χ3n) is 0.865. The molecule has 0 saturated carbocycles. The van der Waals surface area contributed by atoms with Crippen LogP contribution in [0.5, 0.6) is 0 Å². The third kappa shape index (κ3) is 22.5. The Morgan fingerprint density at radius 1 is 0.786 bits per heavy atom. The molecule has 1 aromatic rings. The lowest BCUT2D eigenvalue weighted by atomic mass is 10.5. The van der Waals surface area contributed by atoms with E-state index in [4.69, 9.17) is 0 Å². The van der Waals surface area contributed by atoms with Crippen molar-refractivity contribution >= 4 is 0 Å². The second kappa shape index (κ2) is 8.70. The largest absolute Gasteiger partial charge is 0.333 e. The molecule has 14 heavy (non-hydrogen) atoms. The van der Waals surface area contributed by atoms with Gasteiger partial charge in [-0.15, -0.1) is 0 Å². The Bertz CT molecular complexity index is 193. The van der Waals surface area contributed by atoms with Crippen molar-refractivity contribution in [1.82, 2.24) is 0 Å². The number of aryl methyl sites for hydroxylation is 1.